The summed E-state index contributed by atoms with van der Waals surface area (Å²) in [7, 11) is -3.82. The molecular formula is C15H16FNO4S. The lowest BCUT2D eigenvalue weighted by Crippen LogP contribution is -2.31. The number of carbonyl (C=O) groups excluding carboxylic acids is 1. The first-order valence-electron chi connectivity index (χ1n) is 6.74. The molecular weight excluding hydrogens is 309 g/mol. The Bertz CT molecular complexity index is 723. The molecule has 2 rings (SSSR count). The Morgan fingerprint density at radius 1 is 1.27 bits per heavy atom. The van der Waals surface area contributed by atoms with Crippen LogP contribution in [0.1, 0.15) is 24.4 Å². The molecule has 0 radical (unpaired) electrons. The highest BCUT2D eigenvalue weighted by molar-refractivity contribution is 7.91. The first-order valence-corrected chi connectivity index (χ1v) is 8.29. The summed E-state index contributed by atoms with van der Waals surface area (Å²) in [4.78, 5) is 11.4. The molecule has 1 aromatic carbocycles. The minimum Gasteiger partial charge on any atom is -0.468 e. The van der Waals surface area contributed by atoms with Gasteiger partial charge in [-0.1, -0.05) is 6.92 Å². The summed E-state index contributed by atoms with van der Waals surface area (Å²) in [6, 6.07) is 7.66. The van der Waals surface area contributed by atoms with Crippen LogP contribution in [-0.4, -0.2) is 20.9 Å². The van der Waals surface area contributed by atoms with Gasteiger partial charge in [-0.15, -0.1) is 0 Å². The Morgan fingerprint density at radius 2 is 1.95 bits per heavy atom. The summed E-state index contributed by atoms with van der Waals surface area (Å²) in [5.74, 6) is -0.556. The Kier molecular flexibility index (Phi) is 4.97. The van der Waals surface area contributed by atoms with Gasteiger partial charge in [0, 0.05) is 13.0 Å². The zero-order valence-corrected chi connectivity index (χ0v) is 12.8. The van der Waals surface area contributed by atoms with Gasteiger partial charge < -0.3 is 9.73 Å². The van der Waals surface area contributed by atoms with Crippen LogP contribution < -0.4 is 5.32 Å². The van der Waals surface area contributed by atoms with Crippen LogP contribution in [0, 0.1) is 5.82 Å². The fraction of sp³-hybridized carbons (Fsp3) is 0.267. The van der Waals surface area contributed by atoms with Crippen LogP contribution in [0.25, 0.3) is 0 Å². The molecule has 1 aromatic heterocycles. The molecule has 0 aliphatic heterocycles. The SMILES string of the molecule is CCC(=O)NC[C@H](c1ccco1)S(=O)(=O)c1ccc(F)cc1. The lowest BCUT2D eigenvalue weighted by atomic mass is 10.3. The second kappa shape index (κ2) is 6.74. The quantitative estimate of drug-likeness (QED) is 0.828. The molecule has 0 unspecified atom stereocenters. The summed E-state index contributed by atoms with van der Waals surface area (Å²) < 4.78 is 43.6. The first-order chi connectivity index (χ1) is 10.4. The van der Waals surface area contributed by atoms with Gasteiger partial charge in [0.1, 0.15) is 16.8 Å². The van der Waals surface area contributed by atoms with Crippen molar-refractivity contribution in [2.24, 2.45) is 0 Å². The number of hydrogen-bond acceptors (Lipinski definition) is 4. The molecule has 1 atom stereocenters. The van der Waals surface area contributed by atoms with Gasteiger partial charge in [0.05, 0.1) is 11.2 Å². The molecule has 1 amide bonds. The highest BCUT2D eigenvalue weighted by atomic mass is 32.2. The van der Waals surface area contributed by atoms with E-state index < -0.39 is 20.9 Å². The molecule has 0 aliphatic rings. The van der Waals surface area contributed by atoms with Gasteiger partial charge in [-0.05, 0) is 36.4 Å². The first kappa shape index (κ1) is 16.2. The van der Waals surface area contributed by atoms with Crippen molar-refractivity contribution in [3.8, 4) is 0 Å². The van der Waals surface area contributed by atoms with Gasteiger partial charge in [-0.25, -0.2) is 12.8 Å². The van der Waals surface area contributed by atoms with Gasteiger partial charge >= 0.3 is 0 Å². The van der Waals surface area contributed by atoms with Crippen molar-refractivity contribution >= 4 is 15.7 Å². The van der Waals surface area contributed by atoms with Gasteiger partial charge in [0.15, 0.2) is 9.84 Å². The third-order valence-corrected chi connectivity index (χ3v) is 5.26. The molecule has 0 bridgehead atoms. The predicted molar refractivity (Wildman–Crippen MR) is 78.3 cm³/mol. The molecule has 22 heavy (non-hydrogen) atoms. The van der Waals surface area contributed by atoms with Crippen LogP contribution in [-0.2, 0) is 14.6 Å². The Hall–Kier alpha value is -2.15. The standard InChI is InChI=1S/C15H16FNO4S/c1-2-15(18)17-10-14(13-4-3-9-21-13)22(19,20)12-7-5-11(16)6-8-12/h3-9,14H,2,10H2,1H3,(H,17,18)/t14-/m1/s1. The fourth-order valence-electron chi connectivity index (χ4n) is 1.96. The summed E-state index contributed by atoms with van der Waals surface area (Å²) in [5, 5.41) is 1.49. The number of furan rings is 1. The normalized spacial score (nSPS) is 12.8. The average Bonchev–Trinajstić information content (AvgIpc) is 3.01. The third-order valence-electron chi connectivity index (χ3n) is 3.18. The number of sulfone groups is 1. The molecule has 0 fully saturated rings. The second-order valence-electron chi connectivity index (χ2n) is 4.66. The summed E-state index contributed by atoms with van der Waals surface area (Å²) >= 11 is 0. The number of amides is 1. The fourth-order valence-corrected chi connectivity index (χ4v) is 3.54. The van der Waals surface area contributed by atoms with E-state index in [1.54, 1.807) is 13.0 Å². The van der Waals surface area contributed by atoms with Crippen LogP contribution in [0.4, 0.5) is 4.39 Å². The van der Waals surface area contributed by atoms with E-state index in [1.165, 1.54) is 24.5 Å². The number of hydrogen-bond donors (Lipinski definition) is 1. The smallest absolute Gasteiger partial charge is 0.219 e. The molecule has 0 saturated carbocycles. The molecule has 0 saturated heterocycles. The Balaban J connectivity index is 2.35. The van der Waals surface area contributed by atoms with E-state index in [9.17, 15) is 17.6 Å². The number of halogens is 1. The number of nitrogens with one attached hydrogen (secondary N) is 1. The minimum atomic E-state index is -3.82. The van der Waals surface area contributed by atoms with Crippen LogP contribution in [0.2, 0.25) is 0 Å². The largest absolute Gasteiger partial charge is 0.468 e. The van der Waals surface area contributed by atoms with Crippen molar-refractivity contribution < 1.29 is 22.0 Å². The Labute approximate surface area is 128 Å². The van der Waals surface area contributed by atoms with Crippen LogP contribution in [0.15, 0.2) is 52.0 Å². The van der Waals surface area contributed by atoms with E-state index in [0.29, 0.717) is 0 Å². The van der Waals surface area contributed by atoms with Crippen LogP contribution in [0.3, 0.4) is 0 Å². The van der Waals surface area contributed by atoms with Crippen LogP contribution in [0.5, 0.6) is 0 Å². The molecule has 0 aliphatic carbocycles. The van der Waals surface area contributed by atoms with Crippen molar-refractivity contribution in [1.82, 2.24) is 5.32 Å². The van der Waals surface area contributed by atoms with E-state index in [4.69, 9.17) is 4.42 Å². The summed E-state index contributed by atoms with van der Waals surface area (Å²) in [6.07, 6.45) is 1.62. The van der Waals surface area contributed by atoms with Gasteiger partial charge in [0.2, 0.25) is 5.91 Å². The number of benzene rings is 1. The van der Waals surface area contributed by atoms with E-state index in [2.05, 4.69) is 5.32 Å². The van der Waals surface area contributed by atoms with Crippen molar-refractivity contribution in [3.63, 3.8) is 0 Å². The van der Waals surface area contributed by atoms with Crippen molar-refractivity contribution in [2.75, 3.05) is 6.54 Å². The maximum absolute atomic E-state index is 13.0. The molecule has 7 heteroatoms. The maximum Gasteiger partial charge on any atom is 0.219 e. The van der Waals surface area contributed by atoms with E-state index in [0.717, 1.165) is 12.1 Å². The number of rotatable bonds is 6. The molecule has 1 N–H and O–H groups in total. The summed E-state index contributed by atoms with van der Waals surface area (Å²) in [5.41, 5.74) is 0. The Morgan fingerprint density at radius 3 is 2.50 bits per heavy atom. The second-order valence-corrected chi connectivity index (χ2v) is 6.79. The van der Waals surface area contributed by atoms with Gasteiger partial charge in [0.25, 0.3) is 0 Å². The van der Waals surface area contributed by atoms with Crippen molar-refractivity contribution in [2.45, 2.75) is 23.5 Å². The molecule has 5 nitrogen and oxygen atoms in total. The molecule has 0 spiro atoms. The average molecular weight is 325 g/mol. The van der Waals surface area contributed by atoms with Gasteiger partial charge in [-0.3, -0.25) is 4.79 Å². The molecule has 118 valence electrons. The lowest BCUT2D eigenvalue weighted by molar-refractivity contribution is -0.120. The van der Waals surface area contributed by atoms with E-state index in [1.807, 2.05) is 0 Å². The molecule has 1 heterocycles. The maximum atomic E-state index is 13.0. The van der Waals surface area contributed by atoms with E-state index >= 15 is 0 Å². The lowest BCUT2D eigenvalue weighted by Gasteiger charge is -2.16. The van der Waals surface area contributed by atoms with Crippen LogP contribution >= 0.6 is 0 Å². The highest BCUT2D eigenvalue weighted by Gasteiger charge is 2.31. The van der Waals surface area contributed by atoms with Gasteiger partial charge in [-0.2, -0.15) is 0 Å². The van der Waals surface area contributed by atoms with E-state index in [-0.39, 0.29) is 29.5 Å². The van der Waals surface area contributed by atoms with Crippen molar-refractivity contribution in [3.05, 3.63) is 54.2 Å². The van der Waals surface area contributed by atoms with Crippen molar-refractivity contribution in [1.29, 1.82) is 0 Å². The minimum absolute atomic E-state index is 0.0268. The summed E-state index contributed by atoms with van der Waals surface area (Å²) in [6.45, 7) is 1.56. The number of carbonyl (C=O) groups is 1. The zero-order valence-electron chi connectivity index (χ0n) is 12.0. The zero-order chi connectivity index (χ0) is 16.2. The third kappa shape index (κ3) is 3.54. The molecule has 2 aromatic rings. The topological polar surface area (TPSA) is 76.4 Å². The highest BCUT2D eigenvalue weighted by Crippen LogP contribution is 2.29. The predicted octanol–water partition coefficient (Wildman–Crippen LogP) is 2.46. The monoisotopic (exact) mass is 325 g/mol.